The molecule has 0 radical (unpaired) electrons. The Hall–Kier alpha value is -1.06. The van der Waals surface area contributed by atoms with Crippen molar-refractivity contribution in [2.24, 2.45) is 5.92 Å². The van der Waals surface area contributed by atoms with Gasteiger partial charge in [0.1, 0.15) is 5.54 Å². The second-order valence-corrected chi connectivity index (χ2v) is 5.15. The van der Waals surface area contributed by atoms with Crippen LogP contribution in [0.2, 0.25) is 0 Å². The number of carboxylic acids is 1. The summed E-state index contributed by atoms with van der Waals surface area (Å²) in [4.78, 5) is 24.4. The summed E-state index contributed by atoms with van der Waals surface area (Å²) in [5.74, 6) is -0.549. The second kappa shape index (κ2) is 5.52. The van der Waals surface area contributed by atoms with Crippen LogP contribution in [-0.2, 0) is 9.59 Å². The molecule has 0 aromatic rings. The van der Waals surface area contributed by atoms with E-state index in [-0.39, 0.29) is 6.04 Å². The number of carbonyl (C=O) groups excluding carboxylic acids is 1. The molecule has 1 N–H and O–H groups in total. The molecule has 0 saturated heterocycles. The van der Waals surface area contributed by atoms with Gasteiger partial charge >= 0.3 is 5.97 Å². The summed E-state index contributed by atoms with van der Waals surface area (Å²) in [6.07, 6.45) is 4.57. The highest BCUT2D eigenvalue weighted by atomic mass is 16.4. The maximum atomic E-state index is 11.6. The smallest absolute Gasteiger partial charge is 0.329 e. The van der Waals surface area contributed by atoms with Gasteiger partial charge in [0.25, 0.3) is 0 Å². The van der Waals surface area contributed by atoms with Crippen molar-refractivity contribution in [2.45, 2.75) is 64.5 Å². The van der Waals surface area contributed by atoms with Gasteiger partial charge in [0, 0.05) is 6.04 Å². The summed E-state index contributed by atoms with van der Waals surface area (Å²) < 4.78 is 0. The van der Waals surface area contributed by atoms with Crippen LogP contribution in [-0.4, -0.2) is 34.0 Å². The molecular formula is C13H23NO3. The number of amides is 1. The van der Waals surface area contributed by atoms with Crippen molar-refractivity contribution in [3.8, 4) is 0 Å². The minimum absolute atomic E-state index is 0.146. The van der Waals surface area contributed by atoms with Crippen LogP contribution in [0.15, 0.2) is 0 Å². The van der Waals surface area contributed by atoms with Crippen LogP contribution >= 0.6 is 0 Å². The van der Waals surface area contributed by atoms with Crippen molar-refractivity contribution in [1.29, 1.82) is 0 Å². The standard InChI is InChI=1S/C13H23NO3/c1-4-10(3)8-13(5-2,12(16)17)14(9-15)11-6-7-11/h9-11H,4-8H2,1-3H3,(H,16,17). The van der Waals surface area contributed by atoms with Crippen molar-refractivity contribution in [3.63, 3.8) is 0 Å². The van der Waals surface area contributed by atoms with E-state index >= 15 is 0 Å². The third kappa shape index (κ3) is 2.79. The fourth-order valence-corrected chi connectivity index (χ4v) is 2.39. The topological polar surface area (TPSA) is 57.6 Å². The van der Waals surface area contributed by atoms with E-state index < -0.39 is 11.5 Å². The fourth-order valence-electron chi connectivity index (χ4n) is 2.39. The van der Waals surface area contributed by atoms with Gasteiger partial charge in [0.2, 0.25) is 6.41 Å². The molecule has 4 nitrogen and oxygen atoms in total. The monoisotopic (exact) mass is 241 g/mol. The molecule has 0 aliphatic heterocycles. The SMILES string of the molecule is CCC(C)CC(CC)(C(=O)O)N(C=O)C1CC1. The second-order valence-electron chi connectivity index (χ2n) is 5.15. The molecule has 98 valence electrons. The lowest BCUT2D eigenvalue weighted by atomic mass is 9.83. The minimum atomic E-state index is -1.00. The molecule has 1 amide bonds. The average Bonchev–Trinajstić information content (AvgIpc) is 3.12. The molecule has 1 rings (SSSR count). The van der Waals surface area contributed by atoms with Gasteiger partial charge in [-0.15, -0.1) is 0 Å². The largest absolute Gasteiger partial charge is 0.479 e. The Labute approximate surface area is 103 Å². The lowest BCUT2D eigenvalue weighted by molar-refractivity contribution is -0.157. The number of rotatable bonds is 8. The molecule has 0 spiro atoms. The van der Waals surface area contributed by atoms with Crippen molar-refractivity contribution in [1.82, 2.24) is 4.90 Å². The van der Waals surface area contributed by atoms with Crippen LogP contribution in [0.4, 0.5) is 0 Å². The highest BCUT2D eigenvalue weighted by Crippen LogP contribution is 2.37. The third-order valence-electron chi connectivity index (χ3n) is 3.91. The quantitative estimate of drug-likeness (QED) is 0.663. The van der Waals surface area contributed by atoms with E-state index in [9.17, 15) is 14.7 Å². The number of hydrogen-bond acceptors (Lipinski definition) is 2. The molecule has 2 unspecified atom stereocenters. The number of carbonyl (C=O) groups is 2. The molecule has 4 heteroatoms. The van der Waals surface area contributed by atoms with E-state index in [1.54, 1.807) is 4.90 Å². The van der Waals surface area contributed by atoms with Crippen LogP contribution in [0.5, 0.6) is 0 Å². The maximum Gasteiger partial charge on any atom is 0.329 e. The van der Waals surface area contributed by atoms with E-state index in [1.807, 2.05) is 13.8 Å². The number of aliphatic carboxylic acids is 1. The lowest BCUT2D eigenvalue weighted by Gasteiger charge is -2.39. The van der Waals surface area contributed by atoms with Crippen LogP contribution in [0.3, 0.4) is 0 Å². The molecule has 1 aliphatic carbocycles. The van der Waals surface area contributed by atoms with Crippen molar-refractivity contribution < 1.29 is 14.7 Å². The zero-order valence-electron chi connectivity index (χ0n) is 11.0. The Balaban J connectivity index is 2.96. The van der Waals surface area contributed by atoms with Gasteiger partial charge in [-0.2, -0.15) is 0 Å². The van der Waals surface area contributed by atoms with Gasteiger partial charge in [-0.25, -0.2) is 4.79 Å². The number of carboxylic acid groups (broad SMARTS) is 1. The van der Waals surface area contributed by atoms with Gasteiger partial charge in [0.15, 0.2) is 0 Å². The summed E-state index contributed by atoms with van der Waals surface area (Å²) in [6.45, 7) is 5.95. The van der Waals surface area contributed by atoms with Crippen molar-refractivity contribution in [3.05, 3.63) is 0 Å². The molecule has 1 aliphatic rings. The zero-order valence-corrected chi connectivity index (χ0v) is 11.0. The van der Waals surface area contributed by atoms with Crippen LogP contribution < -0.4 is 0 Å². The molecule has 17 heavy (non-hydrogen) atoms. The summed E-state index contributed by atoms with van der Waals surface area (Å²) >= 11 is 0. The Kier molecular flexibility index (Phi) is 4.54. The van der Waals surface area contributed by atoms with Gasteiger partial charge in [-0.3, -0.25) is 4.79 Å². The summed E-state index contributed by atoms with van der Waals surface area (Å²) in [7, 11) is 0. The van der Waals surface area contributed by atoms with Gasteiger partial charge in [-0.05, 0) is 31.6 Å². The normalized spacial score (nSPS) is 20.4. The van der Waals surface area contributed by atoms with Gasteiger partial charge < -0.3 is 10.0 Å². The van der Waals surface area contributed by atoms with Crippen LogP contribution in [0.1, 0.15) is 52.9 Å². The van der Waals surface area contributed by atoms with Crippen LogP contribution in [0, 0.1) is 5.92 Å². The predicted octanol–water partition coefficient (Wildman–Crippen LogP) is 2.28. The number of nitrogens with zero attached hydrogens (tertiary/aromatic N) is 1. The molecular weight excluding hydrogens is 218 g/mol. The summed E-state index contributed by atoms with van der Waals surface area (Å²) in [5.41, 5.74) is -1.00. The highest BCUT2D eigenvalue weighted by molar-refractivity contribution is 5.81. The molecule has 0 heterocycles. The zero-order chi connectivity index (χ0) is 13.1. The first-order valence-corrected chi connectivity index (χ1v) is 6.49. The molecule has 0 bridgehead atoms. The lowest BCUT2D eigenvalue weighted by Crippen LogP contribution is -2.55. The Bertz CT molecular complexity index is 288. The maximum absolute atomic E-state index is 11.6. The minimum Gasteiger partial charge on any atom is -0.479 e. The van der Waals surface area contributed by atoms with Crippen molar-refractivity contribution >= 4 is 12.4 Å². The van der Waals surface area contributed by atoms with Crippen LogP contribution in [0.25, 0.3) is 0 Å². The molecule has 2 atom stereocenters. The van der Waals surface area contributed by atoms with E-state index in [0.29, 0.717) is 18.8 Å². The Morgan fingerprint density at radius 2 is 2.12 bits per heavy atom. The van der Waals surface area contributed by atoms with E-state index in [4.69, 9.17) is 0 Å². The van der Waals surface area contributed by atoms with E-state index in [2.05, 4.69) is 6.92 Å². The highest BCUT2D eigenvalue weighted by Gasteiger charge is 2.48. The predicted molar refractivity (Wildman–Crippen MR) is 65.7 cm³/mol. The molecule has 0 aromatic heterocycles. The molecule has 1 saturated carbocycles. The Morgan fingerprint density at radius 1 is 1.53 bits per heavy atom. The summed E-state index contributed by atoms with van der Waals surface area (Å²) in [5, 5.41) is 9.55. The first-order chi connectivity index (χ1) is 8.01. The average molecular weight is 241 g/mol. The summed E-state index contributed by atoms with van der Waals surface area (Å²) in [6, 6.07) is 0.146. The van der Waals surface area contributed by atoms with Gasteiger partial charge in [0.05, 0.1) is 0 Å². The van der Waals surface area contributed by atoms with E-state index in [1.165, 1.54) is 0 Å². The first-order valence-electron chi connectivity index (χ1n) is 6.49. The molecule has 1 fully saturated rings. The number of hydrogen-bond donors (Lipinski definition) is 1. The first kappa shape index (κ1) is 14.0. The Morgan fingerprint density at radius 3 is 2.41 bits per heavy atom. The van der Waals surface area contributed by atoms with Gasteiger partial charge in [-0.1, -0.05) is 27.2 Å². The van der Waals surface area contributed by atoms with Crippen molar-refractivity contribution in [2.75, 3.05) is 0 Å². The fraction of sp³-hybridized carbons (Fsp3) is 0.846. The van der Waals surface area contributed by atoms with E-state index in [0.717, 1.165) is 25.7 Å². The molecule has 0 aromatic carbocycles. The third-order valence-corrected chi connectivity index (χ3v) is 3.91.